The van der Waals surface area contributed by atoms with Crippen LogP contribution in [0.25, 0.3) is 0 Å². The molecule has 1 heterocycles. The lowest BCUT2D eigenvalue weighted by molar-refractivity contribution is -0.153. The molecule has 0 radical (unpaired) electrons. The number of alkyl carbamates (subject to hydrolysis) is 1. The van der Waals surface area contributed by atoms with E-state index in [1.165, 1.54) is 6.42 Å². The molecule has 2 aliphatic rings. The van der Waals surface area contributed by atoms with Gasteiger partial charge in [-0.1, -0.05) is 27.2 Å². The van der Waals surface area contributed by atoms with E-state index in [0.29, 0.717) is 19.0 Å². The zero-order valence-electron chi connectivity index (χ0n) is 20.3. The maximum atomic E-state index is 13.4. The highest BCUT2D eigenvalue weighted by atomic mass is 16.6. The largest absolute Gasteiger partial charge is 0.462 e. The fourth-order valence-corrected chi connectivity index (χ4v) is 4.72. The molecule has 178 valence electrons. The van der Waals surface area contributed by atoms with Crippen LogP contribution >= 0.6 is 0 Å². The number of carbonyl (C=O) groups excluding carboxylic acids is 3. The first-order chi connectivity index (χ1) is 14.3. The second kappa shape index (κ2) is 10.7. The molecule has 1 N–H and O–H groups in total. The fourth-order valence-electron chi connectivity index (χ4n) is 4.72. The number of rotatable bonds is 5. The molecule has 31 heavy (non-hydrogen) atoms. The van der Waals surface area contributed by atoms with Crippen molar-refractivity contribution in [3.63, 3.8) is 0 Å². The average molecular weight is 439 g/mol. The van der Waals surface area contributed by atoms with Crippen molar-refractivity contribution in [3.05, 3.63) is 0 Å². The van der Waals surface area contributed by atoms with E-state index in [1.54, 1.807) is 25.7 Å². The molecule has 0 bridgehead atoms. The van der Waals surface area contributed by atoms with Crippen LogP contribution < -0.4 is 5.32 Å². The molecular formula is C24H42N2O5. The van der Waals surface area contributed by atoms with Gasteiger partial charge in [-0.3, -0.25) is 9.59 Å². The summed E-state index contributed by atoms with van der Waals surface area (Å²) in [6.07, 6.45) is 5.97. The number of nitrogens with one attached hydrogen (secondary N) is 1. The van der Waals surface area contributed by atoms with E-state index in [4.69, 9.17) is 9.47 Å². The van der Waals surface area contributed by atoms with Gasteiger partial charge in [0.2, 0.25) is 5.91 Å². The number of amides is 2. The lowest BCUT2D eigenvalue weighted by atomic mass is 9.83. The molecule has 1 aliphatic carbocycles. The van der Waals surface area contributed by atoms with Gasteiger partial charge in [0.05, 0.1) is 6.42 Å². The van der Waals surface area contributed by atoms with Crippen molar-refractivity contribution in [1.29, 1.82) is 0 Å². The Labute approximate surface area is 187 Å². The van der Waals surface area contributed by atoms with Gasteiger partial charge in [0.1, 0.15) is 17.7 Å². The summed E-state index contributed by atoms with van der Waals surface area (Å²) in [5.41, 5.74) is -0.717. The predicted molar refractivity (Wildman–Crippen MR) is 119 cm³/mol. The van der Waals surface area contributed by atoms with Crippen LogP contribution in [0.5, 0.6) is 0 Å². The molecule has 2 rings (SSSR count). The first kappa shape index (κ1) is 25.5. The minimum Gasteiger partial charge on any atom is -0.462 e. The predicted octanol–water partition coefficient (Wildman–Crippen LogP) is 4.43. The topological polar surface area (TPSA) is 84.9 Å². The standard InChI is InChI=1S/C24H42N2O5/c1-17-12-13-26(16-24(5,6)15-17)21(28)19(25-22(29)31-23(2,3)4)14-20(27)30-18-10-8-7-9-11-18/h17-19H,7-16H2,1-6H3,(H,25,29)/t17?,19-/m0/s1. The van der Waals surface area contributed by atoms with Crippen molar-refractivity contribution in [1.82, 2.24) is 10.2 Å². The average Bonchev–Trinajstić information content (AvgIpc) is 2.76. The Morgan fingerprint density at radius 3 is 2.35 bits per heavy atom. The van der Waals surface area contributed by atoms with Crippen molar-refractivity contribution in [3.8, 4) is 0 Å². The molecule has 7 nitrogen and oxygen atoms in total. The van der Waals surface area contributed by atoms with Gasteiger partial charge in [-0.2, -0.15) is 0 Å². The molecule has 1 saturated heterocycles. The van der Waals surface area contributed by atoms with Crippen LogP contribution in [0, 0.1) is 11.3 Å². The monoisotopic (exact) mass is 438 g/mol. The summed E-state index contributed by atoms with van der Waals surface area (Å²) in [7, 11) is 0. The van der Waals surface area contributed by atoms with Crippen LogP contribution in [0.15, 0.2) is 0 Å². The van der Waals surface area contributed by atoms with E-state index in [1.807, 2.05) is 0 Å². The second-order valence-electron chi connectivity index (χ2n) is 11.2. The van der Waals surface area contributed by atoms with E-state index in [-0.39, 0.29) is 23.8 Å². The quantitative estimate of drug-likeness (QED) is 0.642. The van der Waals surface area contributed by atoms with Crippen molar-refractivity contribution in [2.24, 2.45) is 11.3 Å². The summed E-state index contributed by atoms with van der Waals surface area (Å²) >= 11 is 0. The molecule has 2 amide bonds. The van der Waals surface area contributed by atoms with Crippen molar-refractivity contribution in [2.75, 3.05) is 13.1 Å². The normalized spacial score (nSPS) is 23.4. The molecular weight excluding hydrogens is 396 g/mol. The van der Waals surface area contributed by atoms with Gasteiger partial charge in [-0.15, -0.1) is 0 Å². The van der Waals surface area contributed by atoms with E-state index in [9.17, 15) is 14.4 Å². The molecule has 0 aromatic carbocycles. The number of esters is 1. The Kier molecular flexibility index (Phi) is 8.78. The van der Waals surface area contributed by atoms with Gasteiger partial charge in [-0.05, 0) is 70.6 Å². The summed E-state index contributed by atoms with van der Waals surface area (Å²) in [4.78, 5) is 40.3. The number of hydrogen-bond acceptors (Lipinski definition) is 5. The maximum Gasteiger partial charge on any atom is 0.408 e. The third kappa shape index (κ3) is 9.08. The zero-order valence-corrected chi connectivity index (χ0v) is 20.3. The number of nitrogens with zero attached hydrogens (tertiary/aromatic N) is 1. The van der Waals surface area contributed by atoms with Crippen LogP contribution in [0.4, 0.5) is 4.79 Å². The lowest BCUT2D eigenvalue weighted by Gasteiger charge is -2.33. The SMILES string of the molecule is CC1CCN(C(=O)[C@H](CC(=O)OC2CCCCC2)NC(=O)OC(C)(C)C)CC(C)(C)C1. The highest BCUT2D eigenvalue weighted by Gasteiger charge is 2.36. The van der Waals surface area contributed by atoms with Crippen LogP contribution in [0.1, 0.15) is 92.9 Å². The number of carbonyl (C=O) groups is 3. The molecule has 1 saturated carbocycles. The highest BCUT2D eigenvalue weighted by molar-refractivity contribution is 5.89. The molecule has 2 fully saturated rings. The van der Waals surface area contributed by atoms with Gasteiger partial charge in [0.25, 0.3) is 0 Å². The molecule has 7 heteroatoms. The zero-order chi connectivity index (χ0) is 23.2. The van der Waals surface area contributed by atoms with Crippen LogP contribution in [0.2, 0.25) is 0 Å². The molecule has 0 aromatic heterocycles. The highest BCUT2D eigenvalue weighted by Crippen LogP contribution is 2.32. The minimum absolute atomic E-state index is 0.0232. The van der Waals surface area contributed by atoms with E-state index in [2.05, 4.69) is 26.1 Å². The first-order valence-corrected chi connectivity index (χ1v) is 11.8. The first-order valence-electron chi connectivity index (χ1n) is 11.8. The van der Waals surface area contributed by atoms with Gasteiger partial charge in [-0.25, -0.2) is 4.79 Å². The Morgan fingerprint density at radius 2 is 1.74 bits per heavy atom. The molecule has 1 aliphatic heterocycles. The van der Waals surface area contributed by atoms with Crippen LogP contribution in [-0.2, 0) is 19.1 Å². The fraction of sp³-hybridized carbons (Fsp3) is 0.875. The summed E-state index contributed by atoms with van der Waals surface area (Å²) in [6.45, 7) is 13.0. The second-order valence-corrected chi connectivity index (χ2v) is 11.2. The molecule has 0 aromatic rings. The van der Waals surface area contributed by atoms with Crippen molar-refractivity contribution in [2.45, 2.75) is 111 Å². The van der Waals surface area contributed by atoms with Crippen molar-refractivity contribution < 1.29 is 23.9 Å². The summed E-state index contributed by atoms with van der Waals surface area (Å²) in [5, 5.41) is 2.64. The summed E-state index contributed by atoms with van der Waals surface area (Å²) in [6, 6.07) is -0.991. The van der Waals surface area contributed by atoms with Gasteiger partial charge in [0, 0.05) is 13.1 Å². The molecule has 0 spiro atoms. The number of hydrogen-bond donors (Lipinski definition) is 1. The maximum absolute atomic E-state index is 13.4. The Balaban J connectivity index is 2.10. The Hall–Kier alpha value is -1.79. The number of likely N-dealkylation sites (tertiary alicyclic amines) is 1. The van der Waals surface area contributed by atoms with Crippen LogP contribution in [-0.4, -0.2) is 53.7 Å². The number of ether oxygens (including phenoxy) is 2. The lowest BCUT2D eigenvalue weighted by Crippen LogP contribution is -2.52. The van der Waals surface area contributed by atoms with Crippen molar-refractivity contribution >= 4 is 18.0 Å². The van der Waals surface area contributed by atoms with Gasteiger partial charge < -0.3 is 19.7 Å². The molecule has 2 atom stereocenters. The molecule has 1 unspecified atom stereocenters. The third-order valence-corrected chi connectivity index (χ3v) is 5.93. The van der Waals surface area contributed by atoms with E-state index >= 15 is 0 Å². The minimum atomic E-state index is -0.991. The van der Waals surface area contributed by atoms with E-state index in [0.717, 1.165) is 38.5 Å². The third-order valence-electron chi connectivity index (χ3n) is 5.93. The Bertz CT molecular complexity index is 634. The summed E-state index contributed by atoms with van der Waals surface area (Å²) in [5.74, 6) is -0.168. The van der Waals surface area contributed by atoms with Gasteiger partial charge >= 0.3 is 12.1 Å². The smallest absolute Gasteiger partial charge is 0.408 e. The van der Waals surface area contributed by atoms with E-state index < -0.39 is 23.7 Å². The van der Waals surface area contributed by atoms with Crippen LogP contribution in [0.3, 0.4) is 0 Å². The van der Waals surface area contributed by atoms with Gasteiger partial charge in [0.15, 0.2) is 0 Å². The Morgan fingerprint density at radius 1 is 1.10 bits per heavy atom. The summed E-state index contributed by atoms with van der Waals surface area (Å²) < 4.78 is 11.0.